The molecule has 0 saturated carbocycles. The molecule has 12 heteroatoms. The van der Waals surface area contributed by atoms with E-state index in [9.17, 15) is 22.8 Å². The number of aromatic nitrogens is 2. The normalized spacial score (nSPS) is 15.1. The molecular weight excluding hydrogens is 547 g/mol. The van der Waals surface area contributed by atoms with Crippen molar-refractivity contribution >= 4 is 34.1 Å². The Balaban J connectivity index is 1.81. The highest BCUT2D eigenvalue weighted by Gasteiger charge is 2.31. The molecule has 1 aliphatic heterocycles. The van der Waals surface area contributed by atoms with Gasteiger partial charge in [0.1, 0.15) is 18.1 Å². The number of alkyl halides is 3. The van der Waals surface area contributed by atoms with Crippen LogP contribution in [0, 0.1) is 0 Å². The van der Waals surface area contributed by atoms with Gasteiger partial charge in [-0.25, -0.2) is 4.98 Å². The third-order valence-corrected chi connectivity index (χ3v) is 6.90. The van der Waals surface area contributed by atoms with Crippen LogP contribution in [0.15, 0.2) is 41.2 Å². The molecule has 1 N–H and O–H groups in total. The van der Waals surface area contributed by atoms with Crippen LogP contribution >= 0.6 is 11.6 Å². The number of amides is 1. The molecule has 0 unspecified atom stereocenters. The average Bonchev–Trinajstić information content (AvgIpc) is 3.10. The third kappa shape index (κ3) is 7.25. The Bertz CT molecular complexity index is 1440. The fourth-order valence-corrected chi connectivity index (χ4v) is 5.11. The summed E-state index contributed by atoms with van der Waals surface area (Å²) in [5.74, 6) is -0.999. The Morgan fingerprint density at radius 1 is 1.07 bits per heavy atom. The molecule has 2 aromatic carbocycles. The highest BCUT2D eigenvalue weighted by Crippen LogP contribution is 2.32. The average molecular weight is 580 g/mol. The highest BCUT2D eigenvalue weighted by atomic mass is 35.5. The number of carbonyl (C=O) groups is 1. The Kier molecular flexibility index (Phi) is 8.94. The van der Waals surface area contributed by atoms with E-state index in [1.165, 1.54) is 6.07 Å². The van der Waals surface area contributed by atoms with Crippen molar-refractivity contribution in [1.82, 2.24) is 19.8 Å². The first-order valence-electron chi connectivity index (χ1n) is 13.2. The van der Waals surface area contributed by atoms with Crippen LogP contribution in [0.2, 0.25) is 5.02 Å². The molecule has 0 radical (unpaired) electrons. The minimum absolute atomic E-state index is 0.000952. The van der Waals surface area contributed by atoms with Crippen LogP contribution in [0.25, 0.3) is 22.3 Å². The van der Waals surface area contributed by atoms with Gasteiger partial charge in [-0.15, -0.1) is 13.2 Å². The Labute approximate surface area is 235 Å². The second-order valence-electron chi connectivity index (χ2n) is 10.4. The van der Waals surface area contributed by atoms with Crippen molar-refractivity contribution in [3.05, 3.63) is 51.8 Å². The van der Waals surface area contributed by atoms with Crippen molar-refractivity contribution in [2.24, 2.45) is 0 Å². The fourth-order valence-electron chi connectivity index (χ4n) is 4.88. The number of benzene rings is 2. The number of carbonyl (C=O) groups excluding carboxylic acids is 1. The van der Waals surface area contributed by atoms with Crippen LogP contribution in [0.5, 0.6) is 5.75 Å². The van der Waals surface area contributed by atoms with E-state index in [1.807, 2.05) is 6.07 Å². The lowest BCUT2D eigenvalue weighted by Gasteiger charge is -2.26. The lowest BCUT2D eigenvalue weighted by atomic mass is 10.1. The summed E-state index contributed by atoms with van der Waals surface area (Å²) in [6.07, 6.45) is -3.96. The van der Waals surface area contributed by atoms with E-state index >= 15 is 0 Å². The molecule has 4 rings (SSSR count). The first-order valence-corrected chi connectivity index (χ1v) is 13.6. The molecule has 216 valence electrons. The van der Waals surface area contributed by atoms with Crippen molar-refractivity contribution < 1.29 is 22.7 Å². The quantitative estimate of drug-likeness (QED) is 0.421. The summed E-state index contributed by atoms with van der Waals surface area (Å²) >= 11 is 6.11. The zero-order valence-corrected chi connectivity index (χ0v) is 23.6. The number of nitrogens with one attached hydrogen (secondary N) is 1. The molecule has 1 saturated heterocycles. The maximum Gasteiger partial charge on any atom is 0.573 e. The minimum atomic E-state index is -4.94. The van der Waals surface area contributed by atoms with Gasteiger partial charge in [0.05, 0.1) is 10.9 Å². The van der Waals surface area contributed by atoms with E-state index in [-0.39, 0.29) is 29.0 Å². The lowest BCUT2D eigenvalue weighted by Crippen LogP contribution is -2.37. The number of hydrogen-bond donors (Lipinski definition) is 1. The molecule has 1 fully saturated rings. The van der Waals surface area contributed by atoms with Gasteiger partial charge in [-0.05, 0) is 70.5 Å². The molecule has 1 aromatic heterocycles. The molecule has 0 bridgehead atoms. The molecule has 8 nitrogen and oxygen atoms in total. The van der Waals surface area contributed by atoms with Gasteiger partial charge < -0.3 is 15.0 Å². The molecule has 40 heavy (non-hydrogen) atoms. The summed E-state index contributed by atoms with van der Waals surface area (Å²) in [6, 6.07) is 9.12. The number of anilines is 1. The predicted molar refractivity (Wildman–Crippen MR) is 150 cm³/mol. The van der Waals surface area contributed by atoms with E-state index < -0.39 is 23.6 Å². The molecule has 0 spiro atoms. The predicted octanol–water partition coefficient (Wildman–Crippen LogP) is 5.06. The fraction of sp³-hybridized carbons (Fsp3) is 0.464. The number of fused-ring (bicyclic) bond motifs is 1. The van der Waals surface area contributed by atoms with Crippen molar-refractivity contribution in [3.63, 3.8) is 0 Å². The van der Waals surface area contributed by atoms with Crippen LogP contribution in [-0.2, 0) is 11.3 Å². The first kappa shape index (κ1) is 29.7. The summed E-state index contributed by atoms with van der Waals surface area (Å²) < 4.78 is 44.0. The summed E-state index contributed by atoms with van der Waals surface area (Å²) in [7, 11) is 0. The van der Waals surface area contributed by atoms with Gasteiger partial charge in [0.25, 0.3) is 5.56 Å². The molecule has 0 aliphatic carbocycles. The highest BCUT2D eigenvalue weighted by molar-refractivity contribution is 6.31. The standard InChI is InChI=1S/C28H33ClF3N5O3/c1-17(2)33-25(38)16-37-26(19-12-20(29)14-22(13-19)40-28(30,31)32)34-24-7-6-21(15-23(24)27(37)39)36-9-5-8-35(10-11-36)18(3)4/h6-7,12-15,17-18H,5,8-11,16H2,1-4H3,(H,33,38). The van der Waals surface area contributed by atoms with Gasteiger partial charge in [-0.2, -0.15) is 0 Å². The van der Waals surface area contributed by atoms with E-state index in [0.29, 0.717) is 16.9 Å². The molecule has 1 amide bonds. The van der Waals surface area contributed by atoms with E-state index in [4.69, 9.17) is 11.6 Å². The van der Waals surface area contributed by atoms with Crippen LogP contribution in [0.4, 0.5) is 18.9 Å². The van der Waals surface area contributed by atoms with E-state index in [0.717, 1.165) is 55.0 Å². The molecule has 1 aliphatic rings. The summed E-state index contributed by atoms with van der Waals surface area (Å²) in [5, 5.41) is 3.00. The van der Waals surface area contributed by atoms with E-state index in [1.54, 1.807) is 26.0 Å². The Hall–Kier alpha value is -3.31. The number of rotatable bonds is 7. The Morgan fingerprint density at radius 3 is 2.50 bits per heavy atom. The van der Waals surface area contributed by atoms with Gasteiger partial charge in [-0.3, -0.25) is 19.1 Å². The topological polar surface area (TPSA) is 79.7 Å². The summed E-state index contributed by atoms with van der Waals surface area (Å²) in [6.45, 7) is 11.0. The monoisotopic (exact) mass is 579 g/mol. The van der Waals surface area contributed by atoms with E-state index in [2.05, 4.69) is 38.7 Å². The summed E-state index contributed by atoms with van der Waals surface area (Å²) in [4.78, 5) is 35.9. The third-order valence-electron chi connectivity index (χ3n) is 6.68. The second kappa shape index (κ2) is 12.1. The lowest BCUT2D eigenvalue weighted by molar-refractivity contribution is -0.274. The maximum atomic E-state index is 13.9. The van der Waals surface area contributed by atoms with Crippen molar-refractivity contribution in [2.45, 2.75) is 59.1 Å². The van der Waals surface area contributed by atoms with Crippen LogP contribution in [0.3, 0.4) is 0 Å². The zero-order valence-electron chi connectivity index (χ0n) is 22.9. The Morgan fingerprint density at radius 2 is 1.82 bits per heavy atom. The molecular formula is C28H33ClF3N5O3. The van der Waals surface area contributed by atoms with Crippen molar-refractivity contribution in [2.75, 3.05) is 31.1 Å². The first-order chi connectivity index (χ1) is 18.8. The molecule has 2 heterocycles. The molecule has 3 aromatic rings. The van der Waals surface area contributed by atoms with Gasteiger partial charge in [0.2, 0.25) is 5.91 Å². The van der Waals surface area contributed by atoms with Crippen LogP contribution < -0.4 is 20.5 Å². The number of hydrogen-bond acceptors (Lipinski definition) is 6. The SMILES string of the molecule is CC(C)NC(=O)Cn1c(-c2cc(Cl)cc(OC(F)(F)F)c2)nc2ccc(N3CCCN(C(C)C)CC3)cc2c1=O. The van der Waals surface area contributed by atoms with Gasteiger partial charge in [0, 0.05) is 54.5 Å². The zero-order chi connectivity index (χ0) is 29.2. The van der Waals surface area contributed by atoms with Gasteiger partial charge >= 0.3 is 6.36 Å². The van der Waals surface area contributed by atoms with Crippen LogP contribution in [0.1, 0.15) is 34.1 Å². The summed E-state index contributed by atoms with van der Waals surface area (Å²) in [5.41, 5.74) is 0.832. The second-order valence-corrected chi connectivity index (χ2v) is 10.9. The molecule has 0 atom stereocenters. The van der Waals surface area contributed by atoms with Gasteiger partial charge in [0.15, 0.2) is 0 Å². The van der Waals surface area contributed by atoms with Gasteiger partial charge in [-0.1, -0.05) is 11.6 Å². The largest absolute Gasteiger partial charge is 0.573 e. The minimum Gasteiger partial charge on any atom is -0.406 e. The van der Waals surface area contributed by atoms with Crippen molar-refractivity contribution in [1.29, 1.82) is 0 Å². The van der Waals surface area contributed by atoms with Crippen LogP contribution in [-0.4, -0.2) is 65.0 Å². The number of halogens is 4. The number of nitrogens with zero attached hydrogens (tertiary/aromatic N) is 4. The number of ether oxygens (including phenoxy) is 1. The maximum absolute atomic E-state index is 13.9. The van der Waals surface area contributed by atoms with Crippen molar-refractivity contribution in [3.8, 4) is 17.1 Å². The smallest absolute Gasteiger partial charge is 0.406 e.